The van der Waals surface area contributed by atoms with E-state index >= 15 is 0 Å². The Morgan fingerprint density at radius 3 is 2.38 bits per heavy atom. The Morgan fingerprint density at radius 2 is 1.86 bits per heavy atom. The molecule has 3 atom stereocenters. The van der Waals surface area contributed by atoms with Gasteiger partial charge in [-0.2, -0.15) is 0 Å². The van der Waals surface area contributed by atoms with Crippen molar-refractivity contribution in [3.8, 4) is 5.75 Å². The van der Waals surface area contributed by atoms with Crippen molar-refractivity contribution >= 4 is 18.0 Å². The number of likely N-dealkylation sites (tertiary alicyclic amines) is 1. The third kappa shape index (κ3) is 5.62. The maximum atomic E-state index is 13.1. The first-order valence-corrected chi connectivity index (χ1v) is 9.68. The number of hydrogen-bond acceptors (Lipinski definition) is 6. The van der Waals surface area contributed by atoms with Crippen molar-refractivity contribution in [2.24, 2.45) is 0 Å². The van der Waals surface area contributed by atoms with Gasteiger partial charge in [-0.25, -0.2) is 9.59 Å². The number of benzene rings is 1. The molecule has 0 aliphatic carbocycles. The molecule has 8 heteroatoms. The molecule has 1 heterocycles. The molecule has 2 rings (SSSR count). The third-order valence-electron chi connectivity index (χ3n) is 4.66. The first-order chi connectivity index (χ1) is 13.6. The lowest BCUT2D eigenvalue weighted by atomic mass is 9.94. The van der Waals surface area contributed by atoms with E-state index in [0.717, 1.165) is 5.56 Å². The fraction of sp³-hybridized carbons (Fsp3) is 0.571. The number of carbonyl (C=O) groups excluding carboxylic acids is 3. The van der Waals surface area contributed by atoms with Crippen molar-refractivity contribution in [3.05, 3.63) is 29.8 Å². The molecule has 1 aliphatic rings. The van der Waals surface area contributed by atoms with E-state index in [1.807, 2.05) is 12.1 Å². The van der Waals surface area contributed by atoms with Crippen LogP contribution in [0.2, 0.25) is 0 Å². The van der Waals surface area contributed by atoms with E-state index in [2.05, 4.69) is 5.32 Å². The Kier molecular flexibility index (Phi) is 7.11. The van der Waals surface area contributed by atoms with Gasteiger partial charge in [-0.1, -0.05) is 12.1 Å². The monoisotopic (exact) mass is 406 g/mol. The average Bonchev–Trinajstić information content (AvgIpc) is 2.96. The first-order valence-electron chi connectivity index (χ1n) is 9.68. The number of hydrogen-bond donors (Lipinski definition) is 1. The topological polar surface area (TPSA) is 94.2 Å². The van der Waals surface area contributed by atoms with Crippen LogP contribution < -0.4 is 10.1 Å². The van der Waals surface area contributed by atoms with Crippen molar-refractivity contribution in [1.29, 1.82) is 0 Å². The summed E-state index contributed by atoms with van der Waals surface area (Å²) in [7, 11) is 1.57. The van der Waals surface area contributed by atoms with Crippen LogP contribution in [0.3, 0.4) is 0 Å². The van der Waals surface area contributed by atoms with Gasteiger partial charge in [0.05, 0.1) is 13.7 Å². The number of nitrogens with zero attached hydrogens (tertiary/aromatic N) is 1. The Bertz CT molecular complexity index is 741. The second-order valence-electron chi connectivity index (χ2n) is 7.92. The first kappa shape index (κ1) is 22.5. The lowest BCUT2D eigenvalue weighted by Gasteiger charge is -2.24. The van der Waals surface area contributed by atoms with Crippen LogP contribution in [0.25, 0.3) is 0 Å². The largest absolute Gasteiger partial charge is 0.497 e. The Labute approximate surface area is 171 Å². The highest BCUT2D eigenvalue weighted by atomic mass is 16.6. The highest BCUT2D eigenvalue weighted by molar-refractivity contribution is 5.92. The molecular weight excluding hydrogens is 376 g/mol. The van der Waals surface area contributed by atoms with Gasteiger partial charge in [0, 0.05) is 12.5 Å². The fourth-order valence-corrected chi connectivity index (χ4v) is 3.24. The van der Waals surface area contributed by atoms with E-state index in [1.54, 1.807) is 53.9 Å². The summed E-state index contributed by atoms with van der Waals surface area (Å²) in [4.78, 5) is 39.0. The smallest absolute Gasteiger partial charge is 0.408 e. The van der Waals surface area contributed by atoms with Gasteiger partial charge in [0.2, 0.25) is 5.91 Å². The minimum Gasteiger partial charge on any atom is -0.497 e. The van der Waals surface area contributed by atoms with Crippen molar-refractivity contribution in [2.45, 2.75) is 58.2 Å². The van der Waals surface area contributed by atoms with Crippen LogP contribution in [-0.4, -0.2) is 60.8 Å². The van der Waals surface area contributed by atoms with Crippen LogP contribution in [0.4, 0.5) is 4.79 Å². The molecule has 0 bridgehead atoms. The molecule has 8 nitrogen and oxygen atoms in total. The highest BCUT2D eigenvalue weighted by Gasteiger charge is 2.46. The fourth-order valence-electron chi connectivity index (χ4n) is 3.24. The van der Waals surface area contributed by atoms with Gasteiger partial charge in [-0.3, -0.25) is 4.79 Å². The van der Waals surface area contributed by atoms with Crippen LogP contribution in [0.15, 0.2) is 24.3 Å². The third-order valence-corrected chi connectivity index (χ3v) is 4.66. The number of methoxy groups -OCH3 is 1. The summed E-state index contributed by atoms with van der Waals surface area (Å²) >= 11 is 0. The number of carbonyl (C=O) groups is 3. The van der Waals surface area contributed by atoms with Crippen LogP contribution in [0, 0.1) is 0 Å². The molecule has 1 fully saturated rings. The number of rotatable bonds is 6. The molecule has 160 valence electrons. The van der Waals surface area contributed by atoms with Gasteiger partial charge in [-0.05, 0) is 52.3 Å². The van der Waals surface area contributed by atoms with Gasteiger partial charge >= 0.3 is 12.1 Å². The van der Waals surface area contributed by atoms with Crippen molar-refractivity contribution in [1.82, 2.24) is 10.2 Å². The lowest BCUT2D eigenvalue weighted by molar-refractivity contribution is -0.152. The van der Waals surface area contributed by atoms with Gasteiger partial charge in [0.1, 0.15) is 23.4 Å². The van der Waals surface area contributed by atoms with E-state index in [-0.39, 0.29) is 25.0 Å². The molecule has 0 saturated carbocycles. The average molecular weight is 406 g/mol. The molecule has 29 heavy (non-hydrogen) atoms. The second kappa shape index (κ2) is 9.15. The lowest BCUT2D eigenvalue weighted by Crippen LogP contribution is -2.48. The Balaban J connectivity index is 2.29. The molecule has 0 aromatic heterocycles. The summed E-state index contributed by atoms with van der Waals surface area (Å²) in [5.41, 5.74) is 0.151. The number of ether oxygens (including phenoxy) is 3. The molecule has 1 aromatic rings. The van der Waals surface area contributed by atoms with Crippen LogP contribution in [0.1, 0.15) is 46.1 Å². The van der Waals surface area contributed by atoms with Crippen LogP contribution in [-0.2, 0) is 19.1 Å². The predicted molar refractivity (Wildman–Crippen MR) is 107 cm³/mol. The zero-order valence-corrected chi connectivity index (χ0v) is 17.9. The number of alkyl carbamates (subject to hydrolysis) is 1. The molecule has 0 spiro atoms. The van der Waals surface area contributed by atoms with Gasteiger partial charge in [0.25, 0.3) is 0 Å². The number of nitrogens with one attached hydrogen (secondary N) is 1. The molecule has 1 aliphatic heterocycles. The quantitative estimate of drug-likeness (QED) is 0.730. The minimum absolute atomic E-state index is 0.229. The van der Waals surface area contributed by atoms with E-state index < -0.39 is 29.7 Å². The predicted octanol–water partition coefficient (Wildman–Crippen LogP) is 2.47. The van der Waals surface area contributed by atoms with Gasteiger partial charge < -0.3 is 24.4 Å². The van der Waals surface area contributed by atoms with E-state index in [4.69, 9.17) is 14.2 Å². The minimum atomic E-state index is -0.852. The summed E-state index contributed by atoms with van der Waals surface area (Å²) in [5, 5.41) is 2.68. The SMILES string of the molecule is CCOC(=O)C(C)N1C[C@@H](c2ccc(OC)cc2)[C@H](NC(=O)OC(C)(C)C)C1=O. The summed E-state index contributed by atoms with van der Waals surface area (Å²) in [6.45, 7) is 9.08. The maximum absolute atomic E-state index is 13.1. The Morgan fingerprint density at radius 1 is 1.24 bits per heavy atom. The standard InChI is InChI=1S/C21H30N2O6/c1-7-28-19(25)13(2)23-12-16(14-8-10-15(27-6)11-9-14)17(18(23)24)22-20(26)29-21(3,4)5/h8-11,13,16-17H,7,12H2,1-6H3,(H,22,26)/t13?,16-,17-/m0/s1. The second-order valence-corrected chi connectivity index (χ2v) is 7.92. The summed E-state index contributed by atoms with van der Waals surface area (Å²) < 4.78 is 15.6. The molecule has 1 unspecified atom stereocenters. The van der Waals surface area contributed by atoms with E-state index in [0.29, 0.717) is 5.75 Å². The molecular formula is C21H30N2O6. The number of esters is 1. The molecule has 1 saturated heterocycles. The van der Waals surface area contributed by atoms with Crippen molar-refractivity contribution in [2.75, 3.05) is 20.3 Å². The van der Waals surface area contributed by atoms with Crippen molar-refractivity contribution < 1.29 is 28.6 Å². The van der Waals surface area contributed by atoms with Gasteiger partial charge in [-0.15, -0.1) is 0 Å². The van der Waals surface area contributed by atoms with Gasteiger partial charge in [0.15, 0.2) is 0 Å². The normalized spacial score (nSPS) is 20.2. The maximum Gasteiger partial charge on any atom is 0.408 e. The molecule has 0 radical (unpaired) electrons. The molecule has 1 aromatic carbocycles. The molecule has 1 N–H and O–H groups in total. The zero-order valence-electron chi connectivity index (χ0n) is 17.9. The zero-order chi connectivity index (χ0) is 21.8. The van der Waals surface area contributed by atoms with Crippen molar-refractivity contribution in [3.63, 3.8) is 0 Å². The summed E-state index contributed by atoms with van der Waals surface area (Å²) in [6.07, 6.45) is -0.681. The summed E-state index contributed by atoms with van der Waals surface area (Å²) in [5.74, 6) is -0.492. The van der Waals surface area contributed by atoms with Crippen LogP contribution >= 0.6 is 0 Å². The Hall–Kier alpha value is -2.77. The van der Waals surface area contributed by atoms with E-state index in [1.165, 1.54) is 4.90 Å². The van der Waals surface area contributed by atoms with E-state index in [9.17, 15) is 14.4 Å². The summed E-state index contributed by atoms with van der Waals surface area (Å²) in [6, 6.07) is 5.67. The van der Waals surface area contributed by atoms with Crippen LogP contribution in [0.5, 0.6) is 5.75 Å². The highest BCUT2D eigenvalue weighted by Crippen LogP contribution is 2.31. The molecule has 2 amide bonds. The number of amides is 2.